The van der Waals surface area contributed by atoms with Crippen molar-refractivity contribution in [3.05, 3.63) is 65.6 Å². The summed E-state index contributed by atoms with van der Waals surface area (Å²) in [6, 6.07) is 11.1. The monoisotopic (exact) mass is 366 g/mol. The number of fused-ring (bicyclic) bond motifs is 1. The van der Waals surface area contributed by atoms with Crippen molar-refractivity contribution >= 4 is 11.6 Å². The van der Waals surface area contributed by atoms with Crippen molar-refractivity contribution in [3.63, 3.8) is 0 Å². The van der Waals surface area contributed by atoms with Crippen LogP contribution in [-0.2, 0) is 17.7 Å². The van der Waals surface area contributed by atoms with Gasteiger partial charge in [0.05, 0.1) is 24.5 Å². The minimum Gasteiger partial charge on any atom is -0.478 e. The molecule has 1 saturated heterocycles. The third-order valence-corrected chi connectivity index (χ3v) is 4.84. The lowest BCUT2D eigenvalue weighted by Crippen LogP contribution is -2.30. The maximum atomic E-state index is 11.0. The van der Waals surface area contributed by atoms with Gasteiger partial charge in [-0.1, -0.05) is 12.1 Å². The van der Waals surface area contributed by atoms with Crippen LogP contribution in [0.4, 0.5) is 0 Å². The summed E-state index contributed by atoms with van der Waals surface area (Å²) < 4.78 is 7.60. The number of carboxylic acid groups (broad SMARTS) is 1. The molecule has 27 heavy (non-hydrogen) atoms. The number of carboxylic acids is 1. The zero-order chi connectivity index (χ0) is 18.6. The van der Waals surface area contributed by atoms with Gasteiger partial charge in [-0.2, -0.15) is 5.10 Å². The van der Waals surface area contributed by atoms with Crippen LogP contribution in [0, 0.1) is 5.92 Å². The Morgan fingerprint density at radius 1 is 1.22 bits per heavy atom. The minimum absolute atomic E-state index is 0.316. The molecule has 1 aromatic carbocycles. The smallest absolute Gasteiger partial charge is 0.335 e. The summed E-state index contributed by atoms with van der Waals surface area (Å²) in [5, 5.41) is 13.6. The lowest BCUT2D eigenvalue weighted by molar-refractivity contribution is 0.0697. The van der Waals surface area contributed by atoms with Crippen LogP contribution in [0.3, 0.4) is 0 Å². The van der Waals surface area contributed by atoms with Crippen LogP contribution in [0.25, 0.3) is 5.65 Å². The standard InChI is InChI=1S/C20H22N4O3/c25-20(26)17-3-1-15(2-4-17)12-23-9-10-27-14-16(13-23)11-18-5-6-19-21-7-8-24(19)22-18/h1-8,16H,9-14H2,(H,25,26)/t16-/m1/s1. The van der Waals surface area contributed by atoms with Gasteiger partial charge in [0.15, 0.2) is 5.65 Å². The number of hydrogen-bond acceptors (Lipinski definition) is 5. The van der Waals surface area contributed by atoms with Gasteiger partial charge in [0.1, 0.15) is 0 Å². The van der Waals surface area contributed by atoms with Crippen LogP contribution in [0.2, 0.25) is 0 Å². The Morgan fingerprint density at radius 3 is 2.89 bits per heavy atom. The Bertz CT molecular complexity index is 922. The molecular weight excluding hydrogens is 344 g/mol. The molecule has 1 fully saturated rings. The number of imidazole rings is 1. The van der Waals surface area contributed by atoms with Gasteiger partial charge in [-0.15, -0.1) is 0 Å². The van der Waals surface area contributed by atoms with E-state index < -0.39 is 5.97 Å². The Morgan fingerprint density at radius 2 is 2.07 bits per heavy atom. The summed E-state index contributed by atoms with van der Waals surface area (Å²) in [5.41, 5.74) is 3.31. The Labute approximate surface area is 157 Å². The maximum Gasteiger partial charge on any atom is 0.335 e. The number of carbonyl (C=O) groups is 1. The second kappa shape index (κ2) is 7.85. The van der Waals surface area contributed by atoms with Gasteiger partial charge in [0, 0.05) is 37.9 Å². The van der Waals surface area contributed by atoms with E-state index in [4.69, 9.17) is 9.84 Å². The van der Waals surface area contributed by atoms with Crippen molar-refractivity contribution in [1.82, 2.24) is 19.5 Å². The van der Waals surface area contributed by atoms with E-state index in [1.807, 2.05) is 30.5 Å². The van der Waals surface area contributed by atoms with Gasteiger partial charge in [-0.3, -0.25) is 4.90 Å². The van der Waals surface area contributed by atoms with Crippen molar-refractivity contribution in [2.75, 3.05) is 26.3 Å². The zero-order valence-electron chi connectivity index (χ0n) is 15.0. The number of hydrogen-bond donors (Lipinski definition) is 1. The molecular formula is C20H22N4O3. The fourth-order valence-corrected chi connectivity index (χ4v) is 3.49. The van der Waals surface area contributed by atoms with Crippen molar-refractivity contribution in [1.29, 1.82) is 0 Å². The summed E-state index contributed by atoms with van der Waals surface area (Å²) in [6.07, 6.45) is 4.45. The fraction of sp³-hybridized carbons (Fsp3) is 0.350. The average molecular weight is 366 g/mol. The summed E-state index contributed by atoms with van der Waals surface area (Å²) in [7, 11) is 0. The second-order valence-corrected chi connectivity index (χ2v) is 6.94. The molecule has 2 aromatic heterocycles. The first-order valence-corrected chi connectivity index (χ1v) is 9.09. The Balaban J connectivity index is 1.41. The third-order valence-electron chi connectivity index (χ3n) is 4.84. The minimum atomic E-state index is -0.896. The highest BCUT2D eigenvalue weighted by atomic mass is 16.5. The molecule has 7 nitrogen and oxygen atoms in total. The van der Waals surface area contributed by atoms with Crippen molar-refractivity contribution < 1.29 is 14.6 Å². The molecule has 0 aliphatic carbocycles. The predicted molar refractivity (Wildman–Crippen MR) is 99.7 cm³/mol. The molecule has 3 heterocycles. The number of rotatable bonds is 5. The van der Waals surface area contributed by atoms with Crippen LogP contribution in [0.15, 0.2) is 48.8 Å². The normalized spacial score (nSPS) is 18.4. The van der Waals surface area contributed by atoms with Gasteiger partial charge in [0.25, 0.3) is 0 Å². The van der Waals surface area contributed by atoms with Crippen LogP contribution in [0.1, 0.15) is 21.6 Å². The molecule has 0 saturated carbocycles. The van der Waals surface area contributed by atoms with E-state index in [0.717, 1.165) is 49.6 Å². The summed E-state index contributed by atoms with van der Waals surface area (Å²) in [4.78, 5) is 17.6. The molecule has 0 amide bonds. The largest absolute Gasteiger partial charge is 0.478 e. The summed E-state index contributed by atoms with van der Waals surface area (Å²) in [6.45, 7) is 4.00. The van der Waals surface area contributed by atoms with Crippen LogP contribution >= 0.6 is 0 Å². The predicted octanol–water partition coefficient (Wildman–Crippen LogP) is 2.12. The van der Waals surface area contributed by atoms with Crippen molar-refractivity contribution in [2.45, 2.75) is 13.0 Å². The number of aromatic nitrogens is 3. The van der Waals surface area contributed by atoms with Gasteiger partial charge < -0.3 is 9.84 Å². The van der Waals surface area contributed by atoms with E-state index in [9.17, 15) is 4.79 Å². The second-order valence-electron chi connectivity index (χ2n) is 6.94. The molecule has 7 heteroatoms. The van der Waals surface area contributed by atoms with Crippen LogP contribution < -0.4 is 0 Å². The number of nitrogens with zero attached hydrogens (tertiary/aromatic N) is 4. The van der Waals surface area contributed by atoms with E-state index in [1.54, 1.807) is 22.8 Å². The number of benzene rings is 1. The first-order chi connectivity index (χ1) is 13.2. The van der Waals surface area contributed by atoms with E-state index in [0.29, 0.717) is 18.1 Å². The van der Waals surface area contributed by atoms with Gasteiger partial charge in [-0.05, 0) is 36.2 Å². The quantitative estimate of drug-likeness (QED) is 0.745. The molecule has 1 atom stereocenters. The molecule has 0 unspecified atom stereocenters. The fourth-order valence-electron chi connectivity index (χ4n) is 3.49. The lowest BCUT2D eigenvalue weighted by atomic mass is 10.0. The molecule has 0 spiro atoms. The molecule has 1 aliphatic heterocycles. The molecule has 3 aromatic rings. The molecule has 4 rings (SSSR count). The van der Waals surface area contributed by atoms with Gasteiger partial charge in [0.2, 0.25) is 0 Å². The molecule has 0 radical (unpaired) electrons. The van der Waals surface area contributed by atoms with Crippen LogP contribution in [-0.4, -0.2) is 56.9 Å². The summed E-state index contributed by atoms with van der Waals surface area (Å²) in [5.74, 6) is -0.536. The van der Waals surface area contributed by atoms with Gasteiger partial charge in [-0.25, -0.2) is 14.3 Å². The topological polar surface area (TPSA) is 80.0 Å². The lowest BCUT2D eigenvalue weighted by Gasteiger charge is -2.23. The Kier molecular flexibility index (Phi) is 5.13. The van der Waals surface area contributed by atoms with E-state index >= 15 is 0 Å². The highest BCUT2D eigenvalue weighted by Gasteiger charge is 2.20. The average Bonchev–Trinajstić information content (AvgIpc) is 3.02. The number of aromatic carboxylic acids is 1. The highest BCUT2D eigenvalue weighted by molar-refractivity contribution is 5.87. The maximum absolute atomic E-state index is 11.0. The highest BCUT2D eigenvalue weighted by Crippen LogP contribution is 2.16. The third kappa shape index (κ3) is 4.32. The van der Waals surface area contributed by atoms with E-state index in [1.165, 1.54) is 0 Å². The van der Waals surface area contributed by atoms with Gasteiger partial charge >= 0.3 is 5.97 Å². The molecule has 1 N–H and O–H groups in total. The molecule has 0 bridgehead atoms. The SMILES string of the molecule is O=C(O)c1ccc(CN2CCOC[C@H](Cc3ccc4nccn4n3)C2)cc1. The van der Waals surface area contributed by atoms with E-state index in [-0.39, 0.29) is 0 Å². The molecule has 1 aliphatic rings. The first kappa shape index (κ1) is 17.6. The Hall–Kier alpha value is -2.77. The first-order valence-electron chi connectivity index (χ1n) is 9.09. The van der Waals surface area contributed by atoms with Crippen LogP contribution in [0.5, 0.6) is 0 Å². The van der Waals surface area contributed by atoms with Crippen molar-refractivity contribution in [2.24, 2.45) is 5.92 Å². The zero-order valence-corrected chi connectivity index (χ0v) is 15.0. The van der Waals surface area contributed by atoms with E-state index in [2.05, 4.69) is 15.0 Å². The molecule has 140 valence electrons. The van der Waals surface area contributed by atoms with Crippen molar-refractivity contribution in [3.8, 4) is 0 Å². The summed E-state index contributed by atoms with van der Waals surface area (Å²) >= 11 is 0. The number of ether oxygens (including phenoxy) is 1.